The van der Waals surface area contributed by atoms with Crippen molar-refractivity contribution in [1.82, 2.24) is 9.97 Å². The number of nitrogens with zero attached hydrogens (tertiary/aromatic N) is 2. The zero-order chi connectivity index (χ0) is 13.1. The topological polar surface area (TPSA) is 42.2 Å². The molecule has 2 aromatic heterocycles. The van der Waals surface area contributed by atoms with Crippen molar-refractivity contribution in [3.8, 4) is 0 Å². The number of quaternary nitrogens is 1. The highest BCUT2D eigenvalue weighted by atomic mass is 15.1. The molecule has 0 aliphatic carbocycles. The van der Waals surface area contributed by atoms with Crippen LogP contribution in [0.25, 0.3) is 0 Å². The first kappa shape index (κ1) is 12.1. The summed E-state index contributed by atoms with van der Waals surface area (Å²) in [6, 6.07) is 8.05. The molecule has 0 radical (unpaired) electrons. The Balaban J connectivity index is 1.77. The molecule has 2 aromatic rings. The summed E-state index contributed by atoms with van der Waals surface area (Å²) < 4.78 is 0. The van der Waals surface area contributed by atoms with Gasteiger partial charge in [-0.15, -0.1) is 0 Å². The fourth-order valence-corrected chi connectivity index (χ4v) is 2.47. The Labute approximate surface area is 113 Å². The molecule has 1 unspecified atom stereocenters. The van der Waals surface area contributed by atoms with E-state index in [1.54, 1.807) is 0 Å². The third-order valence-corrected chi connectivity index (χ3v) is 3.48. The van der Waals surface area contributed by atoms with Crippen LogP contribution >= 0.6 is 0 Å². The van der Waals surface area contributed by atoms with E-state index in [-0.39, 0.29) is 0 Å². The van der Waals surface area contributed by atoms with E-state index in [1.807, 2.05) is 30.6 Å². The van der Waals surface area contributed by atoms with Gasteiger partial charge in [-0.1, -0.05) is 6.07 Å². The average Bonchev–Trinajstić information content (AvgIpc) is 2.45. The molecule has 2 N–H and O–H groups in total. The molecule has 0 spiro atoms. The van der Waals surface area contributed by atoms with Gasteiger partial charge in [0.15, 0.2) is 0 Å². The Kier molecular flexibility index (Phi) is 3.42. The predicted molar refractivity (Wildman–Crippen MR) is 74.4 cm³/mol. The predicted octanol–water partition coefficient (Wildman–Crippen LogP) is 0.821. The summed E-state index contributed by atoms with van der Waals surface area (Å²) in [5, 5.41) is 3.40. The minimum Gasteiger partial charge on any atom is -0.464 e. The van der Waals surface area contributed by atoms with Crippen molar-refractivity contribution in [2.75, 3.05) is 11.9 Å². The summed E-state index contributed by atoms with van der Waals surface area (Å²) >= 11 is 0. The van der Waals surface area contributed by atoms with Crippen molar-refractivity contribution in [3.63, 3.8) is 0 Å². The van der Waals surface area contributed by atoms with Gasteiger partial charge < -0.3 is 10.2 Å². The summed E-state index contributed by atoms with van der Waals surface area (Å²) in [6.45, 7) is 2.76. The molecule has 4 heteroatoms. The van der Waals surface area contributed by atoms with Gasteiger partial charge in [-0.05, 0) is 18.2 Å². The molecule has 1 atom stereocenters. The molecule has 0 saturated carbocycles. The zero-order valence-corrected chi connectivity index (χ0v) is 10.9. The molecule has 0 fully saturated rings. The fourth-order valence-electron chi connectivity index (χ4n) is 2.47. The average molecular weight is 254 g/mol. The Morgan fingerprint density at radius 3 is 3.00 bits per heavy atom. The van der Waals surface area contributed by atoms with Gasteiger partial charge in [0.2, 0.25) is 0 Å². The quantitative estimate of drug-likeness (QED) is 0.797. The first-order valence-corrected chi connectivity index (χ1v) is 6.60. The smallest absolute Gasteiger partial charge is 0.130 e. The minimum absolute atomic E-state index is 0.714. The monoisotopic (exact) mass is 254 g/mol. The maximum absolute atomic E-state index is 4.46. The lowest BCUT2D eigenvalue weighted by Gasteiger charge is -2.28. The highest BCUT2D eigenvalue weighted by molar-refractivity contribution is 5.49. The van der Waals surface area contributed by atoms with Crippen LogP contribution in [0.1, 0.15) is 16.8 Å². The SMILES string of the molecule is [CH2-][NH+]1CCc2c(ccnc2NCc2ccccn2)C1. The second-order valence-electron chi connectivity index (χ2n) is 4.90. The van der Waals surface area contributed by atoms with E-state index in [1.165, 1.54) is 16.0 Å². The van der Waals surface area contributed by atoms with Gasteiger partial charge in [-0.3, -0.25) is 4.98 Å². The van der Waals surface area contributed by atoms with Crippen LogP contribution in [0.3, 0.4) is 0 Å². The van der Waals surface area contributed by atoms with Crippen LogP contribution in [-0.4, -0.2) is 16.5 Å². The molecule has 0 saturated heterocycles. The number of rotatable bonds is 3. The first-order valence-electron chi connectivity index (χ1n) is 6.60. The minimum atomic E-state index is 0.714. The van der Waals surface area contributed by atoms with Crippen LogP contribution in [0.4, 0.5) is 5.82 Å². The van der Waals surface area contributed by atoms with Gasteiger partial charge in [-0.25, -0.2) is 4.98 Å². The van der Waals surface area contributed by atoms with Gasteiger partial charge in [0.25, 0.3) is 0 Å². The molecule has 1 aliphatic rings. The van der Waals surface area contributed by atoms with E-state index >= 15 is 0 Å². The third-order valence-electron chi connectivity index (χ3n) is 3.48. The second kappa shape index (κ2) is 5.36. The van der Waals surface area contributed by atoms with Crippen LogP contribution in [-0.2, 0) is 19.5 Å². The lowest BCUT2D eigenvalue weighted by molar-refractivity contribution is -0.870. The van der Waals surface area contributed by atoms with E-state index in [0.717, 1.165) is 31.0 Å². The number of hydrogen-bond donors (Lipinski definition) is 2. The van der Waals surface area contributed by atoms with Crippen LogP contribution in [0.5, 0.6) is 0 Å². The molecule has 98 valence electrons. The van der Waals surface area contributed by atoms with Gasteiger partial charge in [0.05, 0.1) is 25.3 Å². The molecule has 0 bridgehead atoms. The zero-order valence-electron chi connectivity index (χ0n) is 10.9. The van der Waals surface area contributed by atoms with E-state index in [0.29, 0.717) is 6.54 Å². The van der Waals surface area contributed by atoms with E-state index in [4.69, 9.17) is 0 Å². The van der Waals surface area contributed by atoms with E-state index in [2.05, 4.69) is 28.4 Å². The van der Waals surface area contributed by atoms with Crippen LogP contribution in [0.2, 0.25) is 0 Å². The highest BCUT2D eigenvalue weighted by Gasteiger charge is 2.17. The van der Waals surface area contributed by atoms with E-state index < -0.39 is 0 Å². The summed E-state index contributed by atoms with van der Waals surface area (Å²) in [4.78, 5) is 10.1. The standard InChI is InChI=1S/C15H18N4/c1-19-9-6-14-12(11-19)5-8-17-15(14)18-10-13-4-2-3-7-16-13/h2-5,7-8,19H,1,6,9-11H2,(H,17,18). The summed E-state index contributed by atoms with van der Waals surface area (Å²) in [5.41, 5.74) is 3.72. The van der Waals surface area contributed by atoms with Crippen LogP contribution in [0, 0.1) is 7.05 Å². The number of hydrogen-bond acceptors (Lipinski definition) is 3. The summed E-state index contributed by atoms with van der Waals surface area (Å²) in [5.74, 6) is 0.996. The van der Waals surface area contributed by atoms with Gasteiger partial charge >= 0.3 is 0 Å². The Hall–Kier alpha value is -1.94. The number of nitrogens with one attached hydrogen (secondary N) is 2. The van der Waals surface area contributed by atoms with Crippen LogP contribution in [0.15, 0.2) is 36.7 Å². The van der Waals surface area contributed by atoms with Gasteiger partial charge in [0.1, 0.15) is 5.82 Å². The Morgan fingerprint density at radius 1 is 1.21 bits per heavy atom. The molecule has 19 heavy (non-hydrogen) atoms. The van der Waals surface area contributed by atoms with E-state index in [9.17, 15) is 0 Å². The molecule has 3 rings (SSSR count). The Morgan fingerprint density at radius 2 is 2.16 bits per heavy atom. The molecular weight excluding hydrogens is 236 g/mol. The first-order chi connectivity index (χ1) is 9.33. The van der Waals surface area contributed by atoms with Gasteiger partial charge in [0, 0.05) is 29.9 Å². The molecule has 0 aromatic carbocycles. The number of anilines is 1. The van der Waals surface area contributed by atoms with Crippen molar-refractivity contribution >= 4 is 5.82 Å². The summed E-state index contributed by atoms with van der Waals surface area (Å²) in [7, 11) is 4.09. The maximum Gasteiger partial charge on any atom is 0.130 e. The molecule has 4 nitrogen and oxygen atoms in total. The molecule has 3 heterocycles. The molecule has 1 aliphatic heterocycles. The van der Waals surface area contributed by atoms with Crippen molar-refractivity contribution in [1.29, 1.82) is 0 Å². The number of fused-ring (bicyclic) bond motifs is 1. The second-order valence-corrected chi connectivity index (χ2v) is 4.90. The Bertz CT molecular complexity index is 553. The molecular formula is C15H18N4. The lowest BCUT2D eigenvalue weighted by Crippen LogP contribution is -3.06. The lowest BCUT2D eigenvalue weighted by atomic mass is 10.0. The third kappa shape index (κ3) is 2.74. The number of pyridine rings is 2. The fraction of sp³-hybridized carbons (Fsp3) is 0.267. The van der Waals surface area contributed by atoms with Crippen molar-refractivity contribution in [3.05, 3.63) is 60.5 Å². The van der Waals surface area contributed by atoms with Crippen LogP contribution < -0.4 is 10.2 Å². The normalized spacial score (nSPS) is 17.8. The van der Waals surface area contributed by atoms with Crippen molar-refractivity contribution in [2.24, 2.45) is 0 Å². The largest absolute Gasteiger partial charge is 0.464 e. The number of aromatic nitrogens is 2. The van der Waals surface area contributed by atoms with Gasteiger partial charge in [-0.2, -0.15) is 7.05 Å². The summed E-state index contributed by atoms with van der Waals surface area (Å²) in [6.07, 6.45) is 4.72. The molecule has 0 amide bonds. The highest BCUT2D eigenvalue weighted by Crippen LogP contribution is 2.19. The maximum atomic E-state index is 4.46. The van der Waals surface area contributed by atoms with Crippen molar-refractivity contribution < 1.29 is 4.90 Å². The van der Waals surface area contributed by atoms with Crippen molar-refractivity contribution in [2.45, 2.75) is 19.5 Å².